The zero-order chi connectivity index (χ0) is 19.9. The molecule has 2 aliphatic rings. The van der Waals surface area contributed by atoms with Gasteiger partial charge in [0.15, 0.2) is 5.82 Å². The van der Waals surface area contributed by atoms with Crippen molar-refractivity contribution in [3.05, 3.63) is 23.5 Å². The normalized spacial score (nSPS) is 24.0. The van der Waals surface area contributed by atoms with Gasteiger partial charge in [-0.15, -0.1) is 0 Å². The SMILES string of the molecule is Nc1nc(N2CCC3(CC2)C[C@@H](O)C[C@H]3N)cnc1Sc1ccnc(N)c1Cl. The van der Waals surface area contributed by atoms with E-state index in [0.717, 1.165) is 43.1 Å². The molecule has 2 aromatic rings. The van der Waals surface area contributed by atoms with Gasteiger partial charge >= 0.3 is 0 Å². The number of nitrogens with two attached hydrogens (primary N) is 3. The van der Waals surface area contributed by atoms with Crippen LogP contribution >= 0.6 is 23.4 Å². The Labute approximate surface area is 172 Å². The smallest absolute Gasteiger partial charge is 0.158 e. The summed E-state index contributed by atoms with van der Waals surface area (Å²) in [5.74, 6) is 1.37. The molecule has 1 saturated heterocycles. The number of rotatable bonds is 3. The molecule has 1 spiro atoms. The Morgan fingerprint density at radius 1 is 1.21 bits per heavy atom. The van der Waals surface area contributed by atoms with E-state index in [1.807, 2.05) is 0 Å². The minimum absolute atomic E-state index is 0.0444. The molecule has 2 fully saturated rings. The van der Waals surface area contributed by atoms with Gasteiger partial charge in [-0.05, 0) is 37.2 Å². The molecule has 2 atom stereocenters. The van der Waals surface area contributed by atoms with E-state index >= 15 is 0 Å². The van der Waals surface area contributed by atoms with E-state index in [1.165, 1.54) is 11.8 Å². The molecule has 28 heavy (non-hydrogen) atoms. The third kappa shape index (κ3) is 3.59. The number of pyridine rings is 1. The number of hydrogen-bond donors (Lipinski definition) is 4. The predicted molar refractivity (Wildman–Crippen MR) is 111 cm³/mol. The lowest BCUT2D eigenvalue weighted by molar-refractivity contribution is 0.141. The molecule has 0 bridgehead atoms. The van der Waals surface area contributed by atoms with Crippen LogP contribution in [0.5, 0.6) is 0 Å². The summed E-state index contributed by atoms with van der Waals surface area (Å²) in [5, 5.41) is 10.9. The first-order valence-electron chi connectivity index (χ1n) is 9.27. The maximum atomic E-state index is 9.97. The summed E-state index contributed by atoms with van der Waals surface area (Å²) in [6.07, 6.45) is 6.42. The van der Waals surface area contributed by atoms with Crippen LogP contribution in [0.2, 0.25) is 5.02 Å². The van der Waals surface area contributed by atoms with Crippen molar-refractivity contribution in [3.63, 3.8) is 0 Å². The Kier molecular flexibility index (Phi) is 5.26. The monoisotopic (exact) mass is 421 g/mol. The number of aliphatic hydroxyl groups excluding tert-OH is 1. The van der Waals surface area contributed by atoms with Crippen molar-refractivity contribution in [2.24, 2.45) is 11.1 Å². The van der Waals surface area contributed by atoms with E-state index in [4.69, 9.17) is 28.8 Å². The van der Waals surface area contributed by atoms with Gasteiger partial charge in [0, 0.05) is 30.2 Å². The van der Waals surface area contributed by atoms with E-state index in [2.05, 4.69) is 19.9 Å². The Hall–Kier alpha value is -1.81. The highest BCUT2D eigenvalue weighted by molar-refractivity contribution is 7.99. The number of piperidine rings is 1. The van der Waals surface area contributed by atoms with Crippen LogP contribution in [-0.2, 0) is 0 Å². The number of nitrogens with zero attached hydrogens (tertiary/aromatic N) is 4. The van der Waals surface area contributed by atoms with Crippen molar-refractivity contribution in [1.29, 1.82) is 0 Å². The van der Waals surface area contributed by atoms with Crippen LogP contribution in [0, 0.1) is 5.41 Å². The fourth-order valence-electron chi connectivity index (χ4n) is 4.24. The summed E-state index contributed by atoms with van der Waals surface area (Å²) in [5.41, 5.74) is 18.3. The largest absolute Gasteiger partial charge is 0.393 e. The molecule has 4 rings (SSSR count). The summed E-state index contributed by atoms with van der Waals surface area (Å²) in [7, 11) is 0. The standard InChI is InChI=1S/C18H24ClN7OS/c19-14-11(1-4-23-15(14)21)28-17-16(22)25-13(9-24-17)26-5-2-18(3-6-26)8-10(27)7-12(18)20/h1,4,9-10,12,27H,2-3,5-8,20H2,(H2,21,23)(H2,22,25)/t10-,12+/m0/s1. The predicted octanol–water partition coefficient (Wildman–Crippen LogP) is 1.91. The van der Waals surface area contributed by atoms with Crippen LogP contribution in [0.3, 0.4) is 0 Å². The lowest BCUT2D eigenvalue weighted by Gasteiger charge is -2.42. The molecular weight excluding hydrogens is 398 g/mol. The molecule has 3 heterocycles. The minimum Gasteiger partial charge on any atom is -0.393 e. The fourth-order valence-corrected chi connectivity index (χ4v) is 5.26. The van der Waals surface area contributed by atoms with E-state index in [-0.39, 0.29) is 23.4 Å². The lowest BCUT2D eigenvalue weighted by atomic mass is 9.74. The molecule has 0 radical (unpaired) electrons. The number of hydrogen-bond acceptors (Lipinski definition) is 9. The second-order valence-corrected chi connectivity index (χ2v) is 8.99. The van der Waals surface area contributed by atoms with E-state index in [9.17, 15) is 5.11 Å². The zero-order valence-electron chi connectivity index (χ0n) is 15.4. The summed E-state index contributed by atoms with van der Waals surface area (Å²) >= 11 is 7.51. The highest BCUT2D eigenvalue weighted by atomic mass is 35.5. The quantitative estimate of drug-likeness (QED) is 0.584. The number of nitrogen functional groups attached to an aromatic ring is 2. The highest BCUT2D eigenvalue weighted by Crippen LogP contribution is 2.46. The van der Waals surface area contributed by atoms with Crippen molar-refractivity contribution in [2.75, 3.05) is 29.5 Å². The van der Waals surface area contributed by atoms with Gasteiger partial charge in [0.2, 0.25) is 0 Å². The molecule has 10 heteroatoms. The van der Waals surface area contributed by atoms with Crippen LogP contribution in [0.25, 0.3) is 0 Å². The second kappa shape index (κ2) is 7.55. The summed E-state index contributed by atoms with van der Waals surface area (Å²) in [6, 6.07) is 1.83. The molecule has 1 aliphatic heterocycles. The van der Waals surface area contributed by atoms with Crippen molar-refractivity contribution >= 4 is 40.8 Å². The molecule has 7 N–H and O–H groups in total. The number of aliphatic hydroxyl groups is 1. The Bertz CT molecular complexity index is 875. The summed E-state index contributed by atoms with van der Waals surface area (Å²) < 4.78 is 0. The van der Waals surface area contributed by atoms with E-state index in [0.29, 0.717) is 22.3 Å². The maximum absolute atomic E-state index is 9.97. The molecule has 150 valence electrons. The number of halogens is 1. The first-order chi connectivity index (χ1) is 13.4. The fraction of sp³-hybridized carbons (Fsp3) is 0.500. The zero-order valence-corrected chi connectivity index (χ0v) is 17.0. The van der Waals surface area contributed by atoms with Crippen molar-refractivity contribution in [3.8, 4) is 0 Å². The van der Waals surface area contributed by atoms with Crippen LogP contribution in [0.15, 0.2) is 28.4 Å². The van der Waals surface area contributed by atoms with Gasteiger partial charge < -0.3 is 27.2 Å². The molecular formula is C18H24ClN7OS. The minimum atomic E-state index is -0.276. The van der Waals surface area contributed by atoms with Gasteiger partial charge in [-0.1, -0.05) is 23.4 Å². The van der Waals surface area contributed by atoms with Gasteiger partial charge in [0.25, 0.3) is 0 Å². The van der Waals surface area contributed by atoms with Crippen LogP contribution in [0.4, 0.5) is 17.5 Å². The van der Waals surface area contributed by atoms with Crippen LogP contribution < -0.4 is 22.1 Å². The van der Waals surface area contributed by atoms with Gasteiger partial charge in [0.05, 0.1) is 17.3 Å². The molecule has 0 unspecified atom stereocenters. The maximum Gasteiger partial charge on any atom is 0.158 e. The first kappa shape index (κ1) is 19.5. The molecule has 0 amide bonds. The van der Waals surface area contributed by atoms with Crippen LogP contribution in [-0.4, -0.2) is 45.3 Å². The number of anilines is 3. The van der Waals surface area contributed by atoms with Crippen LogP contribution in [0.1, 0.15) is 25.7 Å². The molecule has 0 aromatic carbocycles. The molecule has 8 nitrogen and oxygen atoms in total. The molecule has 2 aromatic heterocycles. The lowest BCUT2D eigenvalue weighted by Crippen LogP contribution is -2.47. The van der Waals surface area contributed by atoms with Gasteiger partial charge in [-0.3, -0.25) is 0 Å². The van der Waals surface area contributed by atoms with Crippen molar-refractivity contribution < 1.29 is 5.11 Å². The summed E-state index contributed by atoms with van der Waals surface area (Å²) in [6.45, 7) is 1.65. The first-order valence-corrected chi connectivity index (χ1v) is 10.5. The van der Waals surface area contributed by atoms with E-state index in [1.54, 1.807) is 18.5 Å². The van der Waals surface area contributed by atoms with Gasteiger partial charge in [-0.25, -0.2) is 15.0 Å². The highest BCUT2D eigenvalue weighted by Gasteiger charge is 2.46. The molecule has 1 saturated carbocycles. The van der Waals surface area contributed by atoms with Gasteiger partial charge in [0.1, 0.15) is 16.7 Å². The Balaban J connectivity index is 1.46. The third-order valence-corrected chi connectivity index (χ3v) is 7.45. The third-order valence-electron chi connectivity index (χ3n) is 5.88. The molecule has 1 aliphatic carbocycles. The van der Waals surface area contributed by atoms with Gasteiger partial charge in [-0.2, -0.15) is 0 Å². The Morgan fingerprint density at radius 2 is 1.96 bits per heavy atom. The second-order valence-electron chi connectivity index (χ2n) is 7.58. The van der Waals surface area contributed by atoms with Crippen molar-refractivity contribution in [1.82, 2.24) is 15.0 Å². The Morgan fingerprint density at radius 3 is 2.61 bits per heavy atom. The topological polar surface area (TPSA) is 140 Å². The van der Waals surface area contributed by atoms with E-state index < -0.39 is 0 Å². The average Bonchev–Trinajstić information content (AvgIpc) is 2.94. The van der Waals surface area contributed by atoms with Crippen molar-refractivity contribution in [2.45, 2.75) is 47.8 Å². The number of aromatic nitrogens is 3. The average molecular weight is 422 g/mol. The summed E-state index contributed by atoms with van der Waals surface area (Å²) in [4.78, 5) is 15.9.